The molecule has 0 aliphatic carbocycles. The van der Waals surface area contributed by atoms with Crippen LogP contribution in [0.5, 0.6) is 0 Å². The summed E-state index contributed by atoms with van der Waals surface area (Å²) in [6, 6.07) is 11.6. The molecule has 0 unspecified atom stereocenters. The minimum Gasteiger partial charge on any atom is -0.354 e. The van der Waals surface area contributed by atoms with Gasteiger partial charge in [0, 0.05) is 12.1 Å². The van der Waals surface area contributed by atoms with E-state index in [1.807, 2.05) is 19.9 Å². The highest BCUT2D eigenvalue weighted by Gasteiger charge is 2.08. The molecule has 0 spiro atoms. The average molecular weight is 328 g/mol. The third-order valence-electron chi connectivity index (χ3n) is 3.83. The van der Waals surface area contributed by atoms with Gasteiger partial charge in [0.2, 0.25) is 5.91 Å². The summed E-state index contributed by atoms with van der Waals surface area (Å²) in [7, 11) is 0. The predicted octanol–water partition coefficient (Wildman–Crippen LogP) is 2.53. The molecule has 0 heterocycles. The Bertz CT molecular complexity index is 727. The minimum atomic E-state index is -0.281. The van der Waals surface area contributed by atoms with E-state index < -0.39 is 0 Å². The Balaban J connectivity index is 1.73. The number of rotatable bonds is 6. The Kier molecular flexibility index (Phi) is 6.07. The zero-order valence-corrected chi connectivity index (χ0v) is 13.9. The van der Waals surface area contributed by atoms with E-state index in [-0.39, 0.29) is 24.2 Å². The molecule has 0 aliphatic heterocycles. The Hall–Kier alpha value is -2.69. The smallest absolute Gasteiger partial charge is 0.251 e. The van der Waals surface area contributed by atoms with Gasteiger partial charge in [-0.25, -0.2) is 4.39 Å². The van der Waals surface area contributed by atoms with Gasteiger partial charge in [-0.2, -0.15) is 0 Å². The first kappa shape index (κ1) is 17.7. The Morgan fingerprint density at radius 1 is 0.958 bits per heavy atom. The minimum absolute atomic E-state index is 0.0742. The molecule has 0 bridgehead atoms. The molecule has 24 heavy (non-hydrogen) atoms. The van der Waals surface area contributed by atoms with E-state index >= 15 is 0 Å². The highest BCUT2D eigenvalue weighted by Crippen LogP contribution is 2.09. The van der Waals surface area contributed by atoms with E-state index in [0.29, 0.717) is 18.5 Å². The average Bonchev–Trinajstić information content (AvgIpc) is 2.57. The van der Waals surface area contributed by atoms with Gasteiger partial charge in [0.25, 0.3) is 5.91 Å². The third kappa shape index (κ3) is 5.19. The number of carbonyl (C=O) groups excluding carboxylic acids is 2. The fraction of sp³-hybridized carbons (Fsp3) is 0.263. The first-order chi connectivity index (χ1) is 11.5. The summed E-state index contributed by atoms with van der Waals surface area (Å²) in [5, 5.41) is 5.33. The maximum atomic E-state index is 12.8. The summed E-state index contributed by atoms with van der Waals surface area (Å²) in [4.78, 5) is 23.8. The van der Waals surface area contributed by atoms with Crippen LogP contribution < -0.4 is 10.6 Å². The fourth-order valence-corrected chi connectivity index (χ4v) is 2.21. The van der Waals surface area contributed by atoms with Gasteiger partial charge in [0.15, 0.2) is 0 Å². The van der Waals surface area contributed by atoms with Crippen LogP contribution in [0.1, 0.15) is 27.0 Å². The summed E-state index contributed by atoms with van der Waals surface area (Å²) in [5.74, 6) is -0.807. The second-order valence-corrected chi connectivity index (χ2v) is 5.71. The van der Waals surface area contributed by atoms with E-state index in [1.54, 1.807) is 24.3 Å². The highest BCUT2D eigenvalue weighted by molar-refractivity contribution is 5.96. The van der Waals surface area contributed by atoms with Crippen molar-refractivity contribution in [1.82, 2.24) is 10.6 Å². The molecule has 5 heteroatoms. The van der Waals surface area contributed by atoms with Crippen molar-refractivity contribution in [3.05, 3.63) is 70.5 Å². The molecular weight excluding hydrogens is 307 g/mol. The summed E-state index contributed by atoms with van der Waals surface area (Å²) in [6.45, 7) is 4.28. The van der Waals surface area contributed by atoms with Gasteiger partial charge in [0.05, 0.1) is 6.54 Å². The summed E-state index contributed by atoms with van der Waals surface area (Å²) >= 11 is 0. The number of halogens is 1. The lowest BCUT2D eigenvalue weighted by Gasteiger charge is -2.08. The number of amides is 2. The number of nitrogens with one attached hydrogen (secondary N) is 2. The summed E-state index contributed by atoms with van der Waals surface area (Å²) < 4.78 is 12.8. The molecule has 2 rings (SSSR count). The van der Waals surface area contributed by atoms with Gasteiger partial charge in [0.1, 0.15) is 5.82 Å². The molecule has 0 radical (unpaired) electrons. The van der Waals surface area contributed by atoms with Crippen LogP contribution in [0.2, 0.25) is 0 Å². The van der Waals surface area contributed by atoms with Gasteiger partial charge in [-0.3, -0.25) is 9.59 Å². The van der Waals surface area contributed by atoms with Crippen LogP contribution in [-0.2, 0) is 11.2 Å². The maximum absolute atomic E-state index is 12.8. The molecule has 0 aromatic heterocycles. The van der Waals surface area contributed by atoms with Crippen LogP contribution in [0.25, 0.3) is 0 Å². The normalized spacial score (nSPS) is 10.3. The van der Waals surface area contributed by atoms with Crippen molar-refractivity contribution in [2.24, 2.45) is 0 Å². The van der Waals surface area contributed by atoms with Gasteiger partial charge in [-0.1, -0.05) is 18.2 Å². The molecule has 2 aromatic carbocycles. The van der Waals surface area contributed by atoms with Crippen LogP contribution in [-0.4, -0.2) is 24.9 Å². The SMILES string of the molecule is Cc1ccc(C(=O)NCC(=O)NCCc2ccc(F)cc2)cc1C. The van der Waals surface area contributed by atoms with Crippen LogP contribution in [0.4, 0.5) is 4.39 Å². The maximum Gasteiger partial charge on any atom is 0.251 e. The highest BCUT2D eigenvalue weighted by atomic mass is 19.1. The topological polar surface area (TPSA) is 58.2 Å². The molecule has 0 atom stereocenters. The number of benzene rings is 2. The van der Waals surface area contributed by atoms with E-state index in [0.717, 1.165) is 16.7 Å². The van der Waals surface area contributed by atoms with Crippen LogP contribution >= 0.6 is 0 Å². The molecule has 2 aromatic rings. The van der Waals surface area contributed by atoms with Gasteiger partial charge >= 0.3 is 0 Å². The van der Waals surface area contributed by atoms with Gasteiger partial charge in [-0.15, -0.1) is 0 Å². The molecular formula is C19H21FN2O2. The first-order valence-corrected chi connectivity index (χ1v) is 7.82. The number of hydrogen-bond donors (Lipinski definition) is 2. The zero-order chi connectivity index (χ0) is 17.5. The van der Waals surface area contributed by atoms with Gasteiger partial charge in [-0.05, 0) is 61.2 Å². The monoisotopic (exact) mass is 328 g/mol. The third-order valence-corrected chi connectivity index (χ3v) is 3.83. The molecule has 0 aliphatic rings. The quantitative estimate of drug-likeness (QED) is 0.856. The van der Waals surface area contributed by atoms with Crippen LogP contribution in [0, 0.1) is 19.7 Å². The molecule has 2 amide bonds. The molecule has 4 nitrogen and oxygen atoms in total. The Labute approximate surface area is 141 Å². The van der Waals surface area contributed by atoms with Crippen molar-refractivity contribution >= 4 is 11.8 Å². The number of carbonyl (C=O) groups is 2. The molecule has 0 fully saturated rings. The lowest BCUT2D eigenvalue weighted by molar-refractivity contribution is -0.120. The lowest BCUT2D eigenvalue weighted by atomic mass is 10.1. The van der Waals surface area contributed by atoms with Crippen molar-refractivity contribution in [3.8, 4) is 0 Å². The number of hydrogen-bond acceptors (Lipinski definition) is 2. The van der Waals surface area contributed by atoms with Crippen molar-refractivity contribution in [2.75, 3.05) is 13.1 Å². The van der Waals surface area contributed by atoms with Crippen molar-refractivity contribution in [3.63, 3.8) is 0 Å². The Morgan fingerprint density at radius 2 is 1.67 bits per heavy atom. The standard InChI is InChI=1S/C19H21FN2O2/c1-13-3-6-16(11-14(13)2)19(24)22-12-18(23)21-10-9-15-4-7-17(20)8-5-15/h3-8,11H,9-10,12H2,1-2H3,(H,21,23)(H,22,24). The molecule has 0 saturated carbocycles. The van der Waals surface area contributed by atoms with E-state index in [9.17, 15) is 14.0 Å². The fourth-order valence-electron chi connectivity index (χ4n) is 2.21. The van der Waals surface area contributed by atoms with Crippen LogP contribution in [0.3, 0.4) is 0 Å². The second kappa shape index (κ2) is 8.24. The lowest BCUT2D eigenvalue weighted by Crippen LogP contribution is -2.37. The van der Waals surface area contributed by atoms with E-state index in [2.05, 4.69) is 10.6 Å². The molecule has 2 N–H and O–H groups in total. The summed E-state index contributed by atoms with van der Waals surface area (Å²) in [6.07, 6.45) is 0.608. The van der Waals surface area contributed by atoms with Gasteiger partial charge < -0.3 is 10.6 Å². The van der Waals surface area contributed by atoms with Crippen molar-refractivity contribution < 1.29 is 14.0 Å². The first-order valence-electron chi connectivity index (χ1n) is 7.82. The zero-order valence-electron chi connectivity index (χ0n) is 13.9. The van der Waals surface area contributed by atoms with E-state index in [1.165, 1.54) is 12.1 Å². The molecule has 126 valence electrons. The largest absolute Gasteiger partial charge is 0.354 e. The number of aryl methyl sites for hydroxylation is 2. The van der Waals surface area contributed by atoms with E-state index in [4.69, 9.17) is 0 Å². The second-order valence-electron chi connectivity index (χ2n) is 5.71. The molecule has 0 saturated heterocycles. The predicted molar refractivity (Wildman–Crippen MR) is 91.4 cm³/mol. The summed E-state index contributed by atoms with van der Waals surface area (Å²) in [5.41, 5.74) is 3.63. The Morgan fingerprint density at radius 3 is 2.33 bits per heavy atom. The van der Waals surface area contributed by atoms with Crippen molar-refractivity contribution in [2.45, 2.75) is 20.3 Å². The van der Waals surface area contributed by atoms with Crippen LogP contribution in [0.15, 0.2) is 42.5 Å². The van der Waals surface area contributed by atoms with Crippen molar-refractivity contribution in [1.29, 1.82) is 0 Å².